The molecule has 0 unspecified atom stereocenters. The van der Waals surface area contributed by atoms with E-state index in [9.17, 15) is 4.79 Å². The number of methoxy groups -OCH3 is 1. The van der Waals surface area contributed by atoms with Crippen LogP contribution in [0.25, 0.3) is 0 Å². The van der Waals surface area contributed by atoms with Gasteiger partial charge in [0, 0.05) is 21.8 Å². The van der Waals surface area contributed by atoms with Gasteiger partial charge in [0.05, 0.1) is 25.1 Å². The van der Waals surface area contributed by atoms with Crippen molar-refractivity contribution >= 4 is 40.6 Å². The summed E-state index contributed by atoms with van der Waals surface area (Å²) >= 11 is 9.20. The van der Waals surface area contributed by atoms with Crippen molar-refractivity contribution < 1.29 is 9.53 Å². The Morgan fingerprint density at radius 1 is 1.50 bits per heavy atom. The van der Waals surface area contributed by atoms with Crippen molar-refractivity contribution in [2.75, 3.05) is 13.0 Å². The highest BCUT2D eigenvalue weighted by Crippen LogP contribution is 2.23. The largest absolute Gasteiger partial charge is 0.496 e. The van der Waals surface area contributed by atoms with Crippen molar-refractivity contribution in [3.8, 4) is 5.75 Å². The van der Waals surface area contributed by atoms with Gasteiger partial charge in [-0.25, -0.2) is 0 Å². The lowest BCUT2D eigenvalue weighted by molar-refractivity contribution is 0.0995. The molecule has 2 aromatic rings. The molecule has 8 heteroatoms. The van der Waals surface area contributed by atoms with Crippen molar-refractivity contribution in [3.05, 3.63) is 55.8 Å². The fourth-order valence-electron chi connectivity index (χ4n) is 2.29. The molecule has 5 nitrogen and oxygen atoms in total. The number of carbonyl (C=O) groups is 1. The number of rotatable bonds is 4. The number of nitrogens with zero attached hydrogens (tertiary/aromatic N) is 2. The summed E-state index contributed by atoms with van der Waals surface area (Å²) in [5, 5.41) is 5.86. The number of allylic oxidation sites excluding steroid dienone is 1. The van der Waals surface area contributed by atoms with Crippen LogP contribution in [0.4, 0.5) is 0 Å². The predicted molar refractivity (Wildman–Crippen MR) is 98.6 cm³/mol. The first kappa shape index (κ1) is 17.1. The maximum absolute atomic E-state index is 12.6. The third-order valence-corrected chi connectivity index (χ3v) is 5.31. The predicted octanol–water partition coefficient (Wildman–Crippen LogP) is 3.40. The Morgan fingerprint density at radius 2 is 2.33 bits per heavy atom. The van der Waals surface area contributed by atoms with E-state index in [1.54, 1.807) is 30.0 Å². The lowest BCUT2D eigenvalue weighted by atomic mass is 10.2. The van der Waals surface area contributed by atoms with Gasteiger partial charge >= 0.3 is 0 Å². The number of thioether (sulfide) groups is 1. The fourth-order valence-corrected chi connectivity index (χ4v) is 4.01. The Kier molecular flexibility index (Phi) is 5.33. The normalized spacial score (nSPS) is 14.5. The third kappa shape index (κ3) is 3.85. The van der Waals surface area contributed by atoms with E-state index in [4.69, 9.17) is 16.3 Å². The molecule has 0 spiro atoms. The zero-order chi connectivity index (χ0) is 17.1. The summed E-state index contributed by atoms with van der Waals surface area (Å²) in [4.78, 5) is 18.6. The first-order valence-electron chi connectivity index (χ1n) is 7.21. The van der Waals surface area contributed by atoms with E-state index in [2.05, 4.69) is 15.7 Å². The molecule has 126 valence electrons. The lowest BCUT2D eigenvalue weighted by Gasteiger charge is -2.06. The van der Waals surface area contributed by atoms with Crippen LogP contribution in [0.3, 0.4) is 0 Å². The van der Waals surface area contributed by atoms with Crippen molar-refractivity contribution in [2.45, 2.75) is 13.5 Å². The maximum atomic E-state index is 12.6. The van der Waals surface area contributed by atoms with Crippen molar-refractivity contribution in [1.29, 1.82) is 0 Å². The molecule has 0 bridgehead atoms. The second-order valence-corrected chi connectivity index (χ2v) is 7.65. The standard InChI is InChI=1S/C16H16ClN3O2S2/c1-10-6-20(7-12-8-23-9-18-12)16(24-10)19-15(21)13-5-11(17)3-4-14(13)22-2/h3-6,8,18H,7,9H2,1-2H3. The molecule has 0 saturated heterocycles. The minimum Gasteiger partial charge on any atom is -0.496 e. The van der Waals surface area contributed by atoms with E-state index >= 15 is 0 Å². The first-order chi connectivity index (χ1) is 11.6. The Hall–Kier alpha value is -1.70. The van der Waals surface area contributed by atoms with Crippen molar-refractivity contribution in [3.63, 3.8) is 0 Å². The number of aryl methyl sites for hydroxylation is 1. The number of benzene rings is 1. The molecule has 1 aliphatic rings. The molecule has 0 aliphatic carbocycles. The van der Waals surface area contributed by atoms with Crippen LogP contribution in [-0.4, -0.2) is 23.5 Å². The van der Waals surface area contributed by atoms with Gasteiger partial charge in [-0.1, -0.05) is 11.6 Å². The van der Waals surface area contributed by atoms with Gasteiger partial charge in [-0.15, -0.1) is 23.1 Å². The summed E-state index contributed by atoms with van der Waals surface area (Å²) in [6, 6.07) is 4.93. The monoisotopic (exact) mass is 381 g/mol. The highest BCUT2D eigenvalue weighted by Gasteiger charge is 2.14. The molecule has 1 amide bonds. The average Bonchev–Trinajstić information content (AvgIpc) is 3.18. The molecule has 24 heavy (non-hydrogen) atoms. The van der Waals surface area contributed by atoms with Crippen LogP contribution in [0, 0.1) is 6.92 Å². The van der Waals surface area contributed by atoms with Crippen LogP contribution in [0.1, 0.15) is 15.2 Å². The van der Waals surface area contributed by atoms with E-state index in [0.717, 1.165) is 16.5 Å². The van der Waals surface area contributed by atoms with E-state index < -0.39 is 0 Å². The van der Waals surface area contributed by atoms with Crippen molar-refractivity contribution in [2.24, 2.45) is 4.99 Å². The summed E-state index contributed by atoms with van der Waals surface area (Å²) < 4.78 is 7.21. The second-order valence-electron chi connectivity index (χ2n) is 5.14. The SMILES string of the molecule is COc1ccc(Cl)cc1C(=O)N=c1sc(C)cn1CC1=CSCN1. The van der Waals surface area contributed by atoms with Crippen LogP contribution < -0.4 is 14.9 Å². The Balaban J connectivity index is 1.96. The number of aromatic nitrogens is 1. The number of halogens is 1. The van der Waals surface area contributed by atoms with Gasteiger partial charge in [0.1, 0.15) is 5.75 Å². The number of hydrogen-bond acceptors (Lipinski definition) is 5. The van der Waals surface area contributed by atoms with Crippen molar-refractivity contribution in [1.82, 2.24) is 9.88 Å². The number of ether oxygens (including phenoxy) is 1. The zero-order valence-electron chi connectivity index (χ0n) is 13.2. The van der Waals surface area contributed by atoms with Crippen LogP contribution in [0.5, 0.6) is 5.75 Å². The molecule has 0 fully saturated rings. The molecular formula is C16H16ClN3O2S2. The highest BCUT2D eigenvalue weighted by atomic mass is 35.5. The smallest absolute Gasteiger partial charge is 0.283 e. The molecule has 1 aliphatic heterocycles. The molecule has 2 heterocycles. The molecule has 0 saturated carbocycles. The van der Waals surface area contributed by atoms with Gasteiger partial charge in [0.15, 0.2) is 4.80 Å². The molecule has 0 radical (unpaired) electrons. The quantitative estimate of drug-likeness (QED) is 0.881. The number of amides is 1. The Morgan fingerprint density at radius 3 is 3.04 bits per heavy atom. The summed E-state index contributed by atoms with van der Waals surface area (Å²) in [6.07, 6.45) is 2.00. The van der Waals surface area contributed by atoms with Gasteiger partial charge in [-0.05, 0) is 30.5 Å². The minimum atomic E-state index is -0.368. The third-order valence-electron chi connectivity index (χ3n) is 3.37. The summed E-state index contributed by atoms with van der Waals surface area (Å²) in [7, 11) is 1.52. The molecule has 0 atom stereocenters. The van der Waals surface area contributed by atoms with Gasteiger partial charge in [0.25, 0.3) is 5.91 Å². The highest BCUT2D eigenvalue weighted by molar-refractivity contribution is 8.02. The molecule has 1 aromatic carbocycles. The summed E-state index contributed by atoms with van der Waals surface area (Å²) in [6.45, 7) is 2.66. The van der Waals surface area contributed by atoms with Gasteiger partial charge in [-0.3, -0.25) is 4.79 Å². The minimum absolute atomic E-state index is 0.358. The van der Waals surface area contributed by atoms with E-state index in [0.29, 0.717) is 27.7 Å². The van der Waals surface area contributed by atoms with E-state index in [1.165, 1.54) is 18.4 Å². The van der Waals surface area contributed by atoms with E-state index in [1.807, 2.05) is 17.7 Å². The maximum Gasteiger partial charge on any atom is 0.283 e. The molecule has 1 aromatic heterocycles. The summed E-state index contributed by atoms with van der Waals surface area (Å²) in [5.41, 5.74) is 1.48. The first-order valence-corrected chi connectivity index (χ1v) is 9.45. The lowest BCUT2D eigenvalue weighted by Crippen LogP contribution is -2.21. The zero-order valence-corrected chi connectivity index (χ0v) is 15.6. The topological polar surface area (TPSA) is 55.6 Å². The van der Waals surface area contributed by atoms with Gasteiger partial charge < -0.3 is 14.6 Å². The molecule has 1 N–H and O–H groups in total. The fraction of sp³-hybridized carbons (Fsp3) is 0.250. The Bertz CT molecular complexity index is 870. The Labute approximate surface area is 153 Å². The number of thiazole rings is 1. The van der Waals surface area contributed by atoms with E-state index in [-0.39, 0.29) is 5.91 Å². The number of hydrogen-bond donors (Lipinski definition) is 1. The van der Waals surface area contributed by atoms with Crippen LogP contribution >= 0.6 is 34.7 Å². The number of nitrogens with one attached hydrogen (secondary N) is 1. The van der Waals surface area contributed by atoms with Gasteiger partial charge in [-0.2, -0.15) is 4.99 Å². The number of carbonyl (C=O) groups excluding carboxylic acids is 1. The van der Waals surface area contributed by atoms with Crippen LogP contribution in [-0.2, 0) is 6.54 Å². The molecular weight excluding hydrogens is 366 g/mol. The summed E-state index contributed by atoms with van der Waals surface area (Å²) in [5.74, 6) is 0.974. The second kappa shape index (κ2) is 7.46. The average molecular weight is 382 g/mol. The van der Waals surface area contributed by atoms with Gasteiger partial charge in [0.2, 0.25) is 0 Å². The molecule has 3 rings (SSSR count). The van der Waals surface area contributed by atoms with Crippen LogP contribution in [0.2, 0.25) is 5.02 Å². The van der Waals surface area contributed by atoms with Crippen LogP contribution in [0.15, 0.2) is 40.5 Å².